The Bertz CT molecular complexity index is 691. The van der Waals surface area contributed by atoms with Crippen molar-refractivity contribution in [3.8, 4) is 0 Å². The van der Waals surface area contributed by atoms with E-state index in [0.29, 0.717) is 4.60 Å². The van der Waals surface area contributed by atoms with Crippen molar-refractivity contribution in [2.75, 3.05) is 5.32 Å². The van der Waals surface area contributed by atoms with Crippen molar-refractivity contribution < 1.29 is 18.0 Å². The molecule has 1 heterocycles. The van der Waals surface area contributed by atoms with Crippen LogP contribution in [0.3, 0.4) is 0 Å². The van der Waals surface area contributed by atoms with Crippen molar-refractivity contribution >= 4 is 39.1 Å². The van der Waals surface area contributed by atoms with Crippen molar-refractivity contribution in [1.29, 1.82) is 0 Å². The Morgan fingerprint density at radius 2 is 1.95 bits per heavy atom. The number of hydrogen-bond acceptors (Lipinski definition) is 2. The van der Waals surface area contributed by atoms with Gasteiger partial charge in [-0.1, -0.05) is 17.7 Å². The Kier molecular flexibility index (Phi) is 4.53. The number of halogens is 5. The molecule has 21 heavy (non-hydrogen) atoms. The van der Waals surface area contributed by atoms with Gasteiger partial charge in [0, 0.05) is 5.02 Å². The van der Waals surface area contributed by atoms with E-state index >= 15 is 0 Å². The zero-order chi connectivity index (χ0) is 15.6. The first-order chi connectivity index (χ1) is 9.77. The summed E-state index contributed by atoms with van der Waals surface area (Å²) in [7, 11) is 0. The molecule has 0 saturated heterocycles. The highest BCUT2D eigenvalue weighted by Crippen LogP contribution is 2.36. The number of alkyl halides is 3. The predicted molar refractivity (Wildman–Crippen MR) is 76.3 cm³/mol. The minimum atomic E-state index is -4.63. The minimum absolute atomic E-state index is 0.00699. The molecular formula is C13H7BrClF3N2O. The molecule has 0 spiro atoms. The molecular weight excluding hydrogens is 373 g/mol. The van der Waals surface area contributed by atoms with Gasteiger partial charge in [-0.25, -0.2) is 4.98 Å². The topological polar surface area (TPSA) is 42.0 Å². The molecule has 8 heteroatoms. The third-order valence-corrected chi connectivity index (χ3v) is 3.16. The Morgan fingerprint density at radius 3 is 2.57 bits per heavy atom. The molecule has 0 atom stereocenters. The van der Waals surface area contributed by atoms with Gasteiger partial charge in [0.05, 0.1) is 11.3 Å². The molecule has 0 unspecified atom stereocenters. The minimum Gasteiger partial charge on any atom is -0.320 e. The summed E-state index contributed by atoms with van der Waals surface area (Å²) >= 11 is 8.65. The van der Waals surface area contributed by atoms with Gasteiger partial charge in [0.1, 0.15) is 10.3 Å². The third kappa shape index (κ3) is 3.95. The number of carbonyl (C=O) groups is 1. The summed E-state index contributed by atoms with van der Waals surface area (Å²) in [6.45, 7) is 0. The number of nitrogens with zero attached hydrogens (tertiary/aromatic N) is 1. The summed E-state index contributed by atoms with van der Waals surface area (Å²) in [6.07, 6.45) is -4.63. The van der Waals surface area contributed by atoms with E-state index in [1.165, 1.54) is 12.1 Å². The van der Waals surface area contributed by atoms with Crippen LogP contribution in [0.1, 0.15) is 16.1 Å². The number of aromatic nitrogens is 1. The van der Waals surface area contributed by atoms with Crippen molar-refractivity contribution in [3.63, 3.8) is 0 Å². The number of benzene rings is 1. The van der Waals surface area contributed by atoms with Crippen molar-refractivity contribution in [2.24, 2.45) is 0 Å². The maximum atomic E-state index is 12.9. The standard InChI is InChI=1S/C13H7BrClF3N2O/c14-11-3-1-2-10(19-11)12(21)20-9-5-4-7(15)6-8(9)13(16,17)18/h1-6H,(H,20,21). The van der Waals surface area contributed by atoms with E-state index in [2.05, 4.69) is 26.2 Å². The fraction of sp³-hybridized carbons (Fsp3) is 0.0769. The van der Waals surface area contributed by atoms with Crippen LogP contribution < -0.4 is 5.32 Å². The van der Waals surface area contributed by atoms with E-state index < -0.39 is 17.6 Å². The largest absolute Gasteiger partial charge is 0.418 e. The van der Waals surface area contributed by atoms with Gasteiger partial charge in [-0.3, -0.25) is 4.79 Å². The van der Waals surface area contributed by atoms with Gasteiger partial charge < -0.3 is 5.32 Å². The Balaban J connectivity index is 2.34. The molecule has 1 aromatic carbocycles. The van der Waals surface area contributed by atoms with Crippen molar-refractivity contribution in [1.82, 2.24) is 4.98 Å². The van der Waals surface area contributed by atoms with Crippen LogP contribution in [0.2, 0.25) is 5.02 Å². The average molecular weight is 380 g/mol. The highest BCUT2D eigenvalue weighted by Gasteiger charge is 2.34. The second-order valence-corrected chi connectivity index (χ2v) is 5.24. The first-order valence-corrected chi connectivity index (χ1v) is 6.75. The molecule has 0 saturated carbocycles. The fourth-order valence-electron chi connectivity index (χ4n) is 1.58. The second-order valence-electron chi connectivity index (χ2n) is 3.99. The highest BCUT2D eigenvalue weighted by molar-refractivity contribution is 9.10. The zero-order valence-corrected chi connectivity index (χ0v) is 12.6. The number of rotatable bonds is 2. The molecule has 1 aromatic heterocycles. The molecule has 1 N–H and O–H groups in total. The van der Waals surface area contributed by atoms with E-state index in [1.54, 1.807) is 12.1 Å². The van der Waals surface area contributed by atoms with Crippen LogP contribution in [-0.4, -0.2) is 10.9 Å². The lowest BCUT2D eigenvalue weighted by Gasteiger charge is -2.14. The maximum Gasteiger partial charge on any atom is 0.418 e. The lowest BCUT2D eigenvalue weighted by atomic mass is 10.1. The molecule has 110 valence electrons. The first-order valence-electron chi connectivity index (χ1n) is 5.58. The van der Waals surface area contributed by atoms with E-state index in [1.807, 2.05) is 0 Å². The van der Waals surface area contributed by atoms with Gasteiger partial charge in [-0.15, -0.1) is 0 Å². The summed E-state index contributed by atoms with van der Waals surface area (Å²) < 4.78 is 39.1. The van der Waals surface area contributed by atoms with E-state index in [4.69, 9.17) is 11.6 Å². The second kappa shape index (κ2) is 6.03. The summed E-state index contributed by atoms with van der Waals surface area (Å²) in [5.74, 6) is -0.746. The number of hydrogen-bond donors (Lipinski definition) is 1. The average Bonchev–Trinajstić information content (AvgIpc) is 2.39. The molecule has 0 aliphatic carbocycles. The quantitative estimate of drug-likeness (QED) is 0.764. The van der Waals surface area contributed by atoms with Crippen LogP contribution in [0.25, 0.3) is 0 Å². The van der Waals surface area contributed by atoms with Crippen molar-refractivity contribution in [2.45, 2.75) is 6.18 Å². The van der Waals surface area contributed by atoms with Crippen LogP contribution in [0.4, 0.5) is 18.9 Å². The smallest absolute Gasteiger partial charge is 0.320 e. The van der Waals surface area contributed by atoms with Gasteiger partial charge in [0.15, 0.2) is 0 Å². The van der Waals surface area contributed by atoms with Crippen LogP contribution >= 0.6 is 27.5 Å². The maximum absolute atomic E-state index is 12.9. The third-order valence-electron chi connectivity index (χ3n) is 2.48. The normalized spacial score (nSPS) is 11.3. The molecule has 0 aliphatic heterocycles. The molecule has 0 fully saturated rings. The highest BCUT2D eigenvalue weighted by atomic mass is 79.9. The summed E-state index contributed by atoms with van der Waals surface area (Å²) in [5.41, 5.74) is -1.40. The number of anilines is 1. The molecule has 0 radical (unpaired) electrons. The number of carbonyl (C=O) groups excluding carboxylic acids is 1. The predicted octanol–water partition coefficient (Wildman–Crippen LogP) is 4.77. The molecule has 2 rings (SSSR count). The van der Waals surface area contributed by atoms with E-state index in [9.17, 15) is 18.0 Å². The van der Waals surface area contributed by atoms with Crippen molar-refractivity contribution in [3.05, 3.63) is 57.3 Å². The lowest BCUT2D eigenvalue weighted by molar-refractivity contribution is -0.136. The van der Waals surface area contributed by atoms with Crippen LogP contribution in [0.5, 0.6) is 0 Å². The molecule has 0 bridgehead atoms. The molecule has 1 amide bonds. The lowest BCUT2D eigenvalue weighted by Crippen LogP contribution is -2.17. The monoisotopic (exact) mass is 378 g/mol. The van der Waals surface area contributed by atoms with Gasteiger partial charge in [-0.05, 0) is 46.3 Å². The zero-order valence-electron chi connectivity index (χ0n) is 10.2. The first kappa shape index (κ1) is 15.8. The van der Waals surface area contributed by atoms with Crippen LogP contribution in [0, 0.1) is 0 Å². The molecule has 2 aromatic rings. The van der Waals surface area contributed by atoms with Crippen LogP contribution in [-0.2, 0) is 6.18 Å². The number of pyridine rings is 1. The van der Waals surface area contributed by atoms with E-state index in [0.717, 1.165) is 12.1 Å². The number of amides is 1. The van der Waals surface area contributed by atoms with Gasteiger partial charge in [0.2, 0.25) is 0 Å². The molecule has 3 nitrogen and oxygen atoms in total. The van der Waals surface area contributed by atoms with Gasteiger partial charge in [0.25, 0.3) is 5.91 Å². The SMILES string of the molecule is O=C(Nc1ccc(Cl)cc1C(F)(F)F)c1cccc(Br)n1. The molecule has 0 aliphatic rings. The van der Waals surface area contributed by atoms with Crippen LogP contribution in [0.15, 0.2) is 41.0 Å². The number of nitrogens with one attached hydrogen (secondary N) is 1. The van der Waals surface area contributed by atoms with E-state index in [-0.39, 0.29) is 16.4 Å². The fourth-order valence-corrected chi connectivity index (χ4v) is 2.10. The Morgan fingerprint density at radius 1 is 1.24 bits per heavy atom. The van der Waals surface area contributed by atoms with Gasteiger partial charge >= 0.3 is 6.18 Å². The summed E-state index contributed by atoms with van der Waals surface area (Å²) in [5, 5.41) is 2.12. The van der Waals surface area contributed by atoms with Gasteiger partial charge in [-0.2, -0.15) is 13.2 Å². The Hall–Kier alpha value is -1.60. The Labute approximate surface area is 131 Å². The summed E-state index contributed by atoms with van der Waals surface area (Å²) in [6, 6.07) is 7.66. The summed E-state index contributed by atoms with van der Waals surface area (Å²) in [4.78, 5) is 15.8.